The molecule has 0 bridgehead atoms. The minimum absolute atomic E-state index is 0.0394. The van der Waals surface area contributed by atoms with E-state index in [1.165, 1.54) is 16.7 Å². The van der Waals surface area contributed by atoms with Crippen LogP contribution in [0.25, 0.3) is 0 Å². The second kappa shape index (κ2) is 6.28. The van der Waals surface area contributed by atoms with Crippen LogP contribution in [0.2, 0.25) is 5.28 Å². The van der Waals surface area contributed by atoms with Crippen molar-refractivity contribution in [3.05, 3.63) is 17.7 Å². The Bertz CT molecular complexity index is 447. The molecule has 0 N–H and O–H groups in total. The van der Waals surface area contributed by atoms with E-state index in [1.807, 2.05) is 0 Å². The summed E-state index contributed by atoms with van der Waals surface area (Å²) in [5.41, 5.74) is 0. The van der Waals surface area contributed by atoms with Gasteiger partial charge in [0.1, 0.15) is 4.90 Å². The van der Waals surface area contributed by atoms with E-state index in [9.17, 15) is 8.42 Å². The van der Waals surface area contributed by atoms with E-state index < -0.39 is 10.0 Å². The van der Waals surface area contributed by atoms with Gasteiger partial charge in [-0.2, -0.15) is 0 Å². The summed E-state index contributed by atoms with van der Waals surface area (Å²) >= 11 is 5.51. The van der Waals surface area contributed by atoms with Crippen molar-refractivity contribution in [2.75, 3.05) is 13.6 Å². The van der Waals surface area contributed by atoms with E-state index in [0.29, 0.717) is 6.54 Å². The van der Waals surface area contributed by atoms with Gasteiger partial charge in [0.25, 0.3) is 0 Å². The van der Waals surface area contributed by atoms with E-state index >= 15 is 0 Å². The summed E-state index contributed by atoms with van der Waals surface area (Å²) in [7, 11) is -1.93. The lowest BCUT2D eigenvalue weighted by Crippen LogP contribution is -2.28. The van der Waals surface area contributed by atoms with E-state index in [-0.39, 0.29) is 10.2 Å². The van der Waals surface area contributed by atoms with Crippen molar-refractivity contribution in [2.24, 2.45) is 0 Å². The van der Waals surface area contributed by atoms with Crippen molar-refractivity contribution in [3.8, 4) is 0 Å². The van der Waals surface area contributed by atoms with Gasteiger partial charge < -0.3 is 0 Å². The summed E-state index contributed by atoms with van der Waals surface area (Å²) in [5.74, 6) is 0. The monoisotopic (exact) mass is 277 g/mol. The lowest BCUT2D eigenvalue weighted by Gasteiger charge is -2.16. The second-order valence-electron chi connectivity index (χ2n) is 3.72. The fourth-order valence-electron chi connectivity index (χ4n) is 1.32. The number of unbranched alkanes of at least 4 members (excludes halogenated alkanes) is 2. The Morgan fingerprint density at radius 2 is 1.88 bits per heavy atom. The first-order valence-corrected chi connectivity index (χ1v) is 7.24. The molecule has 0 aliphatic heterocycles. The molecule has 1 heterocycles. The van der Waals surface area contributed by atoms with Crippen LogP contribution in [-0.2, 0) is 10.0 Å². The molecule has 1 aromatic rings. The van der Waals surface area contributed by atoms with Crippen LogP contribution in [0.4, 0.5) is 0 Å². The molecule has 1 aromatic heterocycles. The standard InChI is InChI=1S/C10H16ClN3O2S/c1-3-4-5-6-14(2)17(15,16)9-7-12-10(11)13-8-9/h7-8H,3-6H2,1-2H3. The molecule has 0 atom stereocenters. The maximum absolute atomic E-state index is 12.0. The van der Waals surface area contributed by atoms with E-state index in [0.717, 1.165) is 19.3 Å². The van der Waals surface area contributed by atoms with Crippen LogP contribution in [-0.4, -0.2) is 36.3 Å². The Kier molecular flexibility index (Phi) is 5.30. The van der Waals surface area contributed by atoms with Crippen LogP contribution in [0.5, 0.6) is 0 Å². The quantitative estimate of drug-likeness (QED) is 0.589. The van der Waals surface area contributed by atoms with Gasteiger partial charge in [-0.25, -0.2) is 22.7 Å². The topological polar surface area (TPSA) is 63.2 Å². The first-order chi connectivity index (χ1) is 7.98. The van der Waals surface area contributed by atoms with Crippen LogP contribution in [0.1, 0.15) is 26.2 Å². The fraction of sp³-hybridized carbons (Fsp3) is 0.600. The maximum atomic E-state index is 12.0. The number of nitrogens with zero attached hydrogens (tertiary/aromatic N) is 3. The summed E-state index contributed by atoms with van der Waals surface area (Å²) < 4.78 is 25.4. The number of sulfonamides is 1. The van der Waals surface area contributed by atoms with Crippen molar-refractivity contribution in [1.82, 2.24) is 14.3 Å². The summed E-state index contributed by atoms with van der Waals surface area (Å²) in [5, 5.41) is 0.0394. The highest BCUT2D eigenvalue weighted by atomic mass is 35.5. The van der Waals surface area contributed by atoms with Gasteiger partial charge in [-0.05, 0) is 18.0 Å². The average Bonchev–Trinajstić information content (AvgIpc) is 2.29. The molecular formula is C10H16ClN3O2S. The molecule has 5 nitrogen and oxygen atoms in total. The van der Waals surface area contributed by atoms with Gasteiger partial charge in [-0.1, -0.05) is 19.8 Å². The predicted octanol–water partition coefficient (Wildman–Crippen LogP) is 1.94. The Labute approximate surface area is 107 Å². The summed E-state index contributed by atoms with van der Waals surface area (Å²) in [4.78, 5) is 7.42. The molecule has 0 unspecified atom stereocenters. The van der Waals surface area contributed by atoms with Gasteiger partial charge in [0.2, 0.25) is 15.3 Å². The largest absolute Gasteiger partial charge is 0.245 e. The molecule has 0 amide bonds. The smallest absolute Gasteiger partial charge is 0.225 e. The first-order valence-electron chi connectivity index (χ1n) is 5.42. The van der Waals surface area contributed by atoms with E-state index in [1.54, 1.807) is 7.05 Å². The third-order valence-electron chi connectivity index (χ3n) is 2.38. The molecule has 0 saturated heterocycles. The Balaban J connectivity index is 2.76. The molecule has 0 spiro atoms. The summed E-state index contributed by atoms with van der Waals surface area (Å²) in [6.45, 7) is 2.57. The van der Waals surface area contributed by atoms with Crippen LogP contribution in [0.3, 0.4) is 0 Å². The first kappa shape index (κ1) is 14.3. The molecule has 0 saturated carbocycles. The Morgan fingerprint density at radius 3 is 2.41 bits per heavy atom. The molecule has 96 valence electrons. The van der Waals surface area contributed by atoms with Crippen LogP contribution in [0, 0.1) is 0 Å². The molecule has 0 aromatic carbocycles. The Morgan fingerprint density at radius 1 is 1.29 bits per heavy atom. The van der Waals surface area contributed by atoms with Gasteiger partial charge in [0.15, 0.2) is 0 Å². The van der Waals surface area contributed by atoms with Crippen LogP contribution >= 0.6 is 11.6 Å². The minimum Gasteiger partial charge on any atom is -0.225 e. The molecule has 0 aliphatic rings. The molecule has 0 aliphatic carbocycles. The summed E-state index contributed by atoms with van der Waals surface area (Å²) in [6, 6.07) is 0. The number of aromatic nitrogens is 2. The number of rotatable bonds is 6. The van der Waals surface area contributed by atoms with E-state index in [4.69, 9.17) is 11.6 Å². The van der Waals surface area contributed by atoms with Crippen LogP contribution < -0.4 is 0 Å². The SMILES string of the molecule is CCCCCN(C)S(=O)(=O)c1cnc(Cl)nc1. The fourth-order valence-corrected chi connectivity index (χ4v) is 2.52. The number of hydrogen-bond acceptors (Lipinski definition) is 4. The molecule has 1 rings (SSSR count). The molecular weight excluding hydrogens is 262 g/mol. The van der Waals surface area contributed by atoms with Gasteiger partial charge in [-0.15, -0.1) is 0 Å². The zero-order chi connectivity index (χ0) is 12.9. The van der Waals surface area contributed by atoms with Crippen molar-refractivity contribution < 1.29 is 8.42 Å². The van der Waals surface area contributed by atoms with Crippen molar-refractivity contribution in [1.29, 1.82) is 0 Å². The molecule has 17 heavy (non-hydrogen) atoms. The zero-order valence-electron chi connectivity index (χ0n) is 9.93. The average molecular weight is 278 g/mol. The summed E-state index contributed by atoms with van der Waals surface area (Å²) in [6.07, 6.45) is 5.36. The van der Waals surface area contributed by atoms with Crippen molar-refractivity contribution >= 4 is 21.6 Å². The van der Waals surface area contributed by atoms with Gasteiger partial charge >= 0.3 is 0 Å². The molecule has 0 radical (unpaired) electrons. The third-order valence-corrected chi connectivity index (χ3v) is 4.39. The Hall–Kier alpha value is -0.720. The number of halogens is 1. The normalized spacial score (nSPS) is 12.0. The minimum atomic E-state index is -3.49. The zero-order valence-corrected chi connectivity index (χ0v) is 11.5. The van der Waals surface area contributed by atoms with E-state index in [2.05, 4.69) is 16.9 Å². The highest BCUT2D eigenvalue weighted by molar-refractivity contribution is 7.89. The third kappa shape index (κ3) is 3.90. The lowest BCUT2D eigenvalue weighted by atomic mass is 10.2. The second-order valence-corrected chi connectivity index (χ2v) is 6.10. The van der Waals surface area contributed by atoms with Crippen molar-refractivity contribution in [2.45, 2.75) is 31.1 Å². The van der Waals surface area contributed by atoms with Gasteiger partial charge in [-0.3, -0.25) is 0 Å². The van der Waals surface area contributed by atoms with Crippen LogP contribution in [0.15, 0.2) is 17.3 Å². The lowest BCUT2D eigenvalue weighted by molar-refractivity contribution is 0.453. The van der Waals surface area contributed by atoms with Gasteiger partial charge in [0.05, 0.1) is 12.4 Å². The molecule has 0 fully saturated rings. The number of hydrogen-bond donors (Lipinski definition) is 0. The predicted molar refractivity (Wildman–Crippen MR) is 66.4 cm³/mol. The van der Waals surface area contributed by atoms with Gasteiger partial charge in [0, 0.05) is 13.6 Å². The van der Waals surface area contributed by atoms with Crippen molar-refractivity contribution in [3.63, 3.8) is 0 Å². The molecule has 7 heteroatoms. The highest BCUT2D eigenvalue weighted by Gasteiger charge is 2.20. The maximum Gasteiger partial charge on any atom is 0.245 e. The highest BCUT2D eigenvalue weighted by Crippen LogP contribution is 2.13.